The van der Waals surface area contributed by atoms with Gasteiger partial charge >= 0.3 is 0 Å². The predicted molar refractivity (Wildman–Crippen MR) is 81.9 cm³/mol. The fourth-order valence-electron chi connectivity index (χ4n) is 1.50. The van der Waals surface area contributed by atoms with Crippen LogP contribution in [0.2, 0.25) is 5.02 Å². The van der Waals surface area contributed by atoms with Crippen LogP contribution in [0.3, 0.4) is 0 Å². The number of anilines is 1. The van der Waals surface area contributed by atoms with Crippen molar-refractivity contribution in [3.8, 4) is 11.8 Å². The number of benzene rings is 1. The largest absolute Gasteiger partial charge is 0.486 e. The summed E-state index contributed by atoms with van der Waals surface area (Å²) in [5.41, 5.74) is 7.65. The van der Waals surface area contributed by atoms with E-state index >= 15 is 0 Å². The zero-order valence-corrected chi connectivity index (χ0v) is 12.6. The summed E-state index contributed by atoms with van der Waals surface area (Å²) < 4.78 is 6.47. The van der Waals surface area contributed by atoms with Crippen LogP contribution in [-0.4, -0.2) is 4.98 Å². The molecule has 0 unspecified atom stereocenters. The van der Waals surface area contributed by atoms with E-state index in [-0.39, 0.29) is 0 Å². The number of hydrogen-bond acceptors (Lipinski definition) is 4. The fraction of sp³-hybridized carbons (Fsp3) is 0.0769. The molecule has 0 spiro atoms. The summed E-state index contributed by atoms with van der Waals surface area (Å²) in [5.74, 6) is 0.562. The normalized spacial score (nSPS) is 9.95. The number of halogens is 2. The lowest BCUT2D eigenvalue weighted by molar-refractivity contribution is 0.305. The van der Waals surface area contributed by atoms with Gasteiger partial charge in [0.1, 0.15) is 6.61 Å². The van der Waals surface area contributed by atoms with Crippen molar-refractivity contribution in [2.75, 3.05) is 5.73 Å². The van der Waals surface area contributed by atoms with Crippen molar-refractivity contribution in [2.24, 2.45) is 0 Å². The summed E-state index contributed by atoms with van der Waals surface area (Å²) >= 11 is 8.08. The highest BCUT2D eigenvalue weighted by Gasteiger charge is 2.09. The standard InChI is InChI=1S/C13H9ClIN3O/c14-10-6-18-2-1-9(10)7-19-13-11(15)3-8(5-16)4-12(13)17/h1-4,6H,7,17H2. The molecule has 0 radical (unpaired) electrons. The van der Waals surface area contributed by atoms with Crippen molar-refractivity contribution < 1.29 is 4.74 Å². The molecule has 0 saturated heterocycles. The van der Waals surface area contributed by atoms with Crippen LogP contribution in [0.25, 0.3) is 0 Å². The number of ether oxygens (including phenoxy) is 1. The van der Waals surface area contributed by atoms with Gasteiger partial charge in [-0.3, -0.25) is 4.98 Å². The summed E-state index contributed by atoms with van der Waals surface area (Å²) in [6, 6.07) is 7.15. The van der Waals surface area contributed by atoms with Gasteiger partial charge in [-0.2, -0.15) is 5.26 Å². The van der Waals surface area contributed by atoms with Gasteiger partial charge in [0.25, 0.3) is 0 Å². The Morgan fingerprint density at radius 3 is 2.89 bits per heavy atom. The molecule has 0 aliphatic heterocycles. The van der Waals surface area contributed by atoms with Crippen molar-refractivity contribution >= 4 is 39.9 Å². The minimum absolute atomic E-state index is 0.299. The number of nitrogens with two attached hydrogens (primary N) is 1. The van der Waals surface area contributed by atoms with E-state index in [4.69, 9.17) is 27.3 Å². The van der Waals surface area contributed by atoms with Crippen LogP contribution in [0.15, 0.2) is 30.6 Å². The third-order valence-corrected chi connectivity index (χ3v) is 3.57. The first-order valence-electron chi connectivity index (χ1n) is 5.32. The van der Waals surface area contributed by atoms with Gasteiger partial charge < -0.3 is 10.5 Å². The van der Waals surface area contributed by atoms with Gasteiger partial charge in [0.15, 0.2) is 5.75 Å². The van der Waals surface area contributed by atoms with E-state index in [0.29, 0.717) is 28.6 Å². The maximum Gasteiger partial charge on any atom is 0.156 e. The molecule has 2 N–H and O–H groups in total. The molecule has 96 valence electrons. The van der Waals surface area contributed by atoms with Crippen LogP contribution < -0.4 is 10.5 Å². The second-order valence-electron chi connectivity index (χ2n) is 3.74. The molecule has 0 fully saturated rings. The molecular formula is C13H9ClIN3O. The predicted octanol–water partition coefficient (Wildman–Crippen LogP) is 3.37. The minimum Gasteiger partial charge on any atom is -0.486 e. The first-order chi connectivity index (χ1) is 9.11. The molecule has 0 atom stereocenters. The average Bonchev–Trinajstić information content (AvgIpc) is 2.39. The second-order valence-corrected chi connectivity index (χ2v) is 5.31. The molecule has 0 amide bonds. The maximum absolute atomic E-state index is 8.85. The first-order valence-corrected chi connectivity index (χ1v) is 6.78. The molecule has 19 heavy (non-hydrogen) atoms. The van der Waals surface area contributed by atoms with Crippen molar-refractivity contribution in [2.45, 2.75) is 6.61 Å². The molecular weight excluding hydrogens is 377 g/mol. The van der Waals surface area contributed by atoms with Crippen molar-refractivity contribution in [1.82, 2.24) is 4.98 Å². The minimum atomic E-state index is 0.299. The van der Waals surface area contributed by atoms with Crippen molar-refractivity contribution in [3.05, 3.63) is 50.3 Å². The van der Waals surface area contributed by atoms with Crippen LogP contribution in [0.4, 0.5) is 5.69 Å². The molecule has 0 saturated carbocycles. The smallest absolute Gasteiger partial charge is 0.156 e. The molecule has 0 bridgehead atoms. The van der Waals surface area contributed by atoms with E-state index in [1.807, 2.05) is 6.07 Å². The van der Waals surface area contributed by atoms with E-state index in [1.165, 1.54) is 0 Å². The lowest BCUT2D eigenvalue weighted by atomic mass is 10.2. The molecule has 2 aromatic rings. The van der Waals surface area contributed by atoms with E-state index in [1.54, 1.807) is 30.6 Å². The Labute approximate surface area is 129 Å². The van der Waals surface area contributed by atoms with Crippen molar-refractivity contribution in [1.29, 1.82) is 5.26 Å². The van der Waals surface area contributed by atoms with Gasteiger partial charge in [-0.15, -0.1) is 0 Å². The van der Waals surface area contributed by atoms with Gasteiger partial charge in [-0.1, -0.05) is 11.6 Å². The Morgan fingerprint density at radius 1 is 1.47 bits per heavy atom. The summed E-state index contributed by atoms with van der Waals surface area (Å²) in [6.07, 6.45) is 3.21. The van der Waals surface area contributed by atoms with Gasteiger partial charge in [-0.25, -0.2) is 0 Å². The molecule has 4 nitrogen and oxygen atoms in total. The Bertz CT molecular complexity index is 632. The zero-order chi connectivity index (χ0) is 13.8. The third kappa shape index (κ3) is 3.28. The monoisotopic (exact) mass is 385 g/mol. The van der Waals surface area contributed by atoms with Crippen LogP contribution in [-0.2, 0) is 6.61 Å². The van der Waals surface area contributed by atoms with Gasteiger partial charge in [0.05, 0.1) is 25.9 Å². The Hall–Kier alpha value is -1.52. The number of aromatic nitrogens is 1. The number of nitrogen functional groups attached to an aromatic ring is 1. The fourth-order valence-corrected chi connectivity index (χ4v) is 2.48. The summed E-state index contributed by atoms with van der Waals surface area (Å²) in [7, 11) is 0. The highest BCUT2D eigenvalue weighted by atomic mass is 127. The van der Waals surface area contributed by atoms with E-state index < -0.39 is 0 Å². The number of nitriles is 1. The Morgan fingerprint density at radius 2 is 2.26 bits per heavy atom. The van der Waals surface area contributed by atoms with Gasteiger partial charge in [0.2, 0.25) is 0 Å². The van der Waals surface area contributed by atoms with E-state index in [9.17, 15) is 0 Å². The van der Waals surface area contributed by atoms with Crippen LogP contribution in [0.5, 0.6) is 5.75 Å². The SMILES string of the molecule is N#Cc1cc(N)c(OCc2ccncc2Cl)c(I)c1. The zero-order valence-electron chi connectivity index (χ0n) is 9.73. The third-order valence-electron chi connectivity index (χ3n) is 2.43. The first kappa shape index (κ1) is 13.9. The molecule has 2 rings (SSSR count). The lowest BCUT2D eigenvalue weighted by Gasteiger charge is -2.12. The highest BCUT2D eigenvalue weighted by Crippen LogP contribution is 2.30. The summed E-state index contributed by atoms with van der Waals surface area (Å²) in [6.45, 7) is 0.299. The van der Waals surface area contributed by atoms with E-state index in [2.05, 4.69) is 27.6 Å². The highest BCUT2D eigenvalue weighted by molar-refractivity contribution is 14.1. The van der Waals surface area contributed by atoms with E-state index in [0.717, 1.165) is 9.13 Å². The molecule has 0 aliphatic rings. The van der Waals surface area contributed by atoms with Crippen LogP contribution >= 0.6 is 34.2 Å². The summed E-state index contributed by atoms with van der Waals surface area (Å²) in [4.78, 5) is 3.91. The van der Waals surface area contributed by atoms with Crippen LogP contribution in [0.1, 0.15) is 11.1 Å². The Balaban J connectivity index is 2.21. The number of rotatable bonds is 3. The summed E-state index contributed by atoms with van der Waals surface area (Å²) in [5, 5.41) is 9.39. The average molecular weight is 386 g/mol. The molecule has 1 aromatic carbocycles. The van der Waals surface area contributed by atoms with Crippen LogP contribution in [0, 0.1) is 14.9 Å². The number of pyridine rings is 1. The van der Waals surface area contributed by atoms with Gasteiger partial charge in [-0.05, 0) is 40.8 Å². The molecule has 0 aliphatic carbocycles. The quantitative estimate of drug-likeness (QED) is 0.649. The van der Waals surface area contributed by atoms with Gasteiger partial charge in [0, 0.05) is 18.0 Å². The topological polar surface area (TPSA) is 71.9 Å². The van der Waals surface area contributed by atoms with Crippen molar-refractivity contribution in [3.63, 3.8) is 0 Å². The second kappa shape index (κ2) is 6.08. The maximum atomic E-state index is 8.85. The number of hydrogen-bond donors (Lipinski definition) is 1. The lowest BCUT2D eigenvalue weighted by Crippen LogP contribution is -2.02. The number of nitrogens with zero attached hydrogens (tertiary/aromatic N) is 2. The molecule has 6 heteroatoms. The Kier molecular flexibility index (Phi) is 4.45. The molecule has 1 heterocycles. The molecule has 1 aromatic heterocycles.